The standard InChI is InChI=1S/C17H15N3O5/c1-10-16(21)19-13-7-4-6-12(15(13)25-10)17(22)18-9-11-5-2-3-8-14(11)20(23)24/h2-8,10H,9H2,1H3,(H,18,22)(H,19,21)/t10-/m0/s1. The second-order valence-corrected chi connectivity index (χ2v) is 5.50. The zero-order valence-corrected chi connectivity index (χ0v) is 13.3. The number of hydrogen-bond donors (Lipinski definition) is 2. The first-order valence-electron chi connectivity index (χ1n) is 7.58. The van der Waals surface area contributed by atoms with Crippen LogP contribution in [0.5, 0.6) is 5.75 Å². The van der Waals surface area contributed by atoms with Crippen molar-refractivity contribution in [1.29, 1.82) is 0 Å². The van der Waals surface area contributed by atoms with Crippen molar-refractivity contribution in [3.05, 3.63) is 63.7 Å². The number of nitro groups is 1. The Morgan fingerprint density at radius 1 is 1.28 bits per heavy atom. The van der Waals surface area contributed by atoms with Crippen molar-refractivity contribution in [2.75, 3.05) is 5.32 Å². The van der Waals surface area contributed by atoms with Gasteiger partial charge in [0, 0.05) is 18.2 Å². The van der Waals surface area contributed by atoms with E-state index < -0.39 is 16.9 Å². The Bertz CT molecular complexity index is 865. The van der Waals surface area contributed by atoms with Crippen molar-refractivity contribution in [3.8, 4) is 5.75 Å². The minimum absolute atomic E-state index is 0.00155. The van der Waals surface area contributed by atoms with Crippen molar-refractivity contribution in [2.45, 2.75) is 19.6 Å². The summed E-state index contributed by atoms with van der Waals surface area (Å²) in [5.41, 5.74) is 1.01. The van der Waals surface area contributed by atoms with Gasteiger partial charge in [0.2, 0.25) is 0 Å². The highest BCUT2D eigenvalue weighted by atomic mass is 16.6. The van der Waals surface area contributed by atoms with Crippen molar-refractivity contribution < 1.29 is 19.2 Å². The Morgan fingerprint density at radius 3 is 2.80 bits per heavy atom. The fraction of sp³-hybridized carbons (Fsp3) is 0.176. The van der Waals surface area contributed by atoms with E-state index in [-0.39, 0.29) is 29.5 Å². The molecule has 0 aromatic heterocycles. The third kappa shape index (κ3) is 3.27. The molecule has 25 heavy (non-hydrogen) atoms. The second-order valence-electron chi connectivity index (χ2n) is 5.50. The number of anilines is 1. The highest BCUT2D eigenvalue weighted by molar-refractivity contribution is 6.03. The van der Waals surface area contributed by atoms with Crippen LogP contribution in [0, 0.1) is 10.1 Å². The van der Waals surface area contributed by atoms with Crippen molar-refractivity contribution >= 4 is 23.2 Å². The summed E-state index contributed by atoms with van der Waals surface area (Å²) < 4.78 is 5.53. The minimum atomic E-state index is -0.711. The third-order valence-corrected chi connectivity index (χ3v) is 3.81. The summed E-state index contributed by atoms with van der Waals surface area (Å²) in [6.45, 7) is 1.59. The van der Waals surface area contributed by atoms with Gasteiger partial charge in [-0.15, -0.1) is 0 Å². The number of hydrogen-bond acceptors (Lipinski definition) is 5. The molecule has 8 nitrogen and oxygen atoms in total. The second kappa shape index (κ2) is 6.60. The summed E-state index contributed by atoms with van der Waals surface area (Å²) in [4.78, 5) is 34.7. The van der Waals surface area contributed by atoms with E-state index in [9.17, 15) is 19.7 Å². The first kappa shape index (κ1) is 16.4. The third-order valence-electron chi connectivity index (χ3n) is 3.81. The molecule has 128 valence electrons. The Kier molecular flexibility index (Phi) is 4.34. The molecule has 8 heteroatoms. The number of benzene rings is 2. The quantitative estimate of drug-likeness (QED) is 0.654. The van der Waals surface area contributed by atoms with Crippen LogP contribution < -0.4 is 15.4 Å². The van der Waals surface area contributed by atoms with E-state index in [0.717, 1.165) is 0 Å². The number of ether oxygens (including phenoxy) is 1. The number of carbonyl (C=O) groups excluding carboxylic acids is 2. The Morgan fingerprint density at radius 2 is 2.04 bits per heavy atom. The molecule has 2 aromatic carbocycles. The molecule has 1 aliphatic heterocycles. The van der Waals surface area contributed by atoms with Crippen LogP contribution in [0.4, 0.5) is 11.4 Å². The Balaban J connectivity index is 1.81. The Hall–Kier alpha value is -3.42. The molecular formula is C17H15N3O5. The number of amides is 2. The molecule has 1 aliphatic rings. The number of fused-ring (bicyclic) bond motifs is 1. The van der Waals surface area contributed by atoms with E-state index in [1.54, 1.807) is 43.3 Å². The average Bonchev–Trinajstić information content (AvgIpc) is 2.60. The number of carbonyl (C=O) groups is 2. The summed E-state index contributed by atoms with van der Waals surface area (Å²) in [6.07, 6.45) is -0.711. The number of nitro benzene ring substituents is 1. The van der Waals surface area contributed by atoms with E-state index in [2.05, 4.69) is 10.6 Å². The Labute approximate surface area is 142 Å². The van der Waals surface area contributed by atoms with E-state index in [4.69, 9.17) is 4.74 Å². The summed E-state index contributed by atoms with van der Waals surface area (Å²) in [7, 11) is 0. The SMILES string of the molecule is C[C@@H]1Oc2c(cccc2C(=O)NCc2ccccc2[N+](=O)[O-])NC1=O. The smallest absolute Gasteiger partial charge is 0.274 e. The van der Waals surface area contributed by atoms with Crippen LogP contribution in [0.25, 0.3) is 0 Å². The van der Waals surface area contributed by atoms with Gasteiger partial charge < -0.3 is 15.4 Å². The molecule has 0 saturated carbocycles. The molecule has 2 N–H and O–H groups in total. The molecule has 2 aromatic rings. The maximum atomic E-state index is 12.5. The first-order chi connectivity index (χ1) is 12.0. The van der Waals surface area contributed by atoms with Crippen LogP contribution in [0.1, 0.15) is 22.8 Å². The lowest BCUT2D eigenvalue weighted by Gasteiger charge is -2.25. The summed E-state index contributed by atoms with van der Waals surface area (Å²) >= 11 is 0. The fourth-order valence-corrected chi connectivity index (χ4v) is 2.52. The summed E-state index contributed by atoms with van der Waals surface area (Å²) in [6, 6.07) is 11.0. The molecule has 2 amide bonds. The monoisotopic (exact) mass is 341 g/mol. The predicted octanol–water partition coefficient (Wildman–Crippen LogP) is 2.24. The van der Waals surface area contributed by atoms with E-state index in [1.165, 1.54) is 6.07 Å². The molecule has 0 radical (unpaired) electrons. The molecule has 0 fully saturated rings. The fourth-order valence-electron chi connectivity index (χ4n) is 2.52. The first-order valence-corrected chi connectivity index (χ1v) is 7.58. The van der Waals surface area contributed by atoms with E-state index in [1.807, 2.05) is 0 Å². The topological polar surface area (TPSA) is 111 Å². The maximum absolute atomic E-state index is 12.5. The van der Waals surface area contributed by atoms with Gasteiger partial charge in [0.05, 0.1) is 16.2 Å². The zero-order valence-electron chi connectivity index (χ0n) is 13.3. The van der Waals surface area contributed by atoms with Gasteiger partial charge in [-0.1, -0.05) is 24.3 Å². The van der Waals surface area contributed by atoms with Crippen LogP contribution in [0.3, 0.4) is 0 Å². The maximum Gasteiger partial charge on any atom is 0.274 e. The number of rotatable bonds is 4. The predicted molar refractivity (Wildman–Crippen MR) is 89.4 cm³/mol. The van der Waals surface area contributed by atoms with Crippen LogP contribution in [-0.4, -0.2) is 22.8 Å². The molecule has 0 spiro atoms. The normalized spacial score (nSPS) is 15.6. The van der Waals surface area contributed by atoms with E-state index >= 15 is 0 Å². The minimum Gasteiger partial charge on any atom is -0.478 e. The zero-order chi connectivity index (χ0) is 18.0. The van der Waals surface area contributed by atoms with Gasteiger partial charge in [0.1, 0.15) is 0 Å². The van der Waals surface area contributed by atoms with Gasteiger partial charge in [-0.25, -0.2) is 0 Å². The summed E-state index contributed by atoms with van der Waals surface area (Å²) in [5, 5.41) is 16.3. The number of nitrogens with zero attached hydrogens (tertiary/aromatic N) is 1. The van der Waals surface area contributed by atoms with Crippen LogP contribution in [0.2, 0.25) is 0 Å². The van der Waals surface area contributed by atoms with Crippen LogP contribution in [0.15, 0.2) is 42.5 Å². The lowest BCUT2D eigenvalue weighted by molar-refractivity contribution is -0.385. The number of para-hydroxylation sites is 2. The van der Waals surface area contributed by atoms with Gasteiger partial charge >= 0.3 is 0 Å². The van der Waals surface area contributed by atoms with Crippen LogP contribution in [-0.2, 0) is 11.3 Å². The highest BCUT2D eigenvalue weighted by Crippen LogP contribution is 2.33. The number of nitrogens with one attached hydrogen (secondary N) is 2. The lowest BCUT2D eigenvalue weighted by atomic mass is 10.1. The van der Waals surface area contributed by atoms with Gasteiger partial charge in [-0.3, -0.25) is 19.7 Å². The molecule has 1 heterocycles. The van der Waals surface area contributed by atoms with Gasteiger partial charge in [0.15, 0.2) is 11.9 Å². The van der Waals surface area contributed by atoms with Gasteiger partial charge in [0.25, 0.3) is 17.5 Å². The average molecular weight is 341 g/mol. The van der Waals surface area contributed by atoms with Crippen molar-refractivity contribution in [3.63, 3.8) is 0 Å². The molecule has 1 atom stereocenters. The molecule has 3 rings (SSSR count). The van der Waals surface area contributed by atoms with Crippen LogP contribution >= 0.6 is 0 Å². The molecule has 0 unspecified atom stereocenters. The van der Waals surface area contributed by atoms with Gasteiger partial charge in [-0.2, -0.15) is 0 Å². The van der Waals surface area contributed by atoms with Crippen molar-refractivity contribution in [1.82, 2.24) is 5.32 Å². The lowest BCUT2D eigenvalue weighted by Crippen LogP contribution is -2.35. The highest BCUT2D eigenvalue weighted by Gasteiger charge is 2.27. The molecular weight excluding hydrogens is 326 g/mol. The van der Waals surface area contributed by atoms with E-state index in [0.29, 0.717) is 11.3 Å². The molecule has 0 saturated heterocycles. The molecule has 0 bridgehead atoms. The van der Waals surface area contributed by atoms with Gasteiger partial charge in [-0.05, 0) is 19.1 Å². The summed E-state index contributed by atoms with van der Waals surface area (Å²) in [5.74, 6) is -0.446. The largest absolute Gasteiger partial charge is 0.478 e. The van der Waals surface area contributed by atoms with Crippen molar-refractivity contribution in [2.24, 2.45) is 0 Å². The molecule has 0 aliphatic carbocycles.